The summed E-state index contributed by atoms with van der Waals surface area (Å²) < 4.78 is 27.6. The fourth-order valence-electron chi connectivity index (χ4n) is 2.32. The number of hydrogen-bond acceptors (Lipinski definition) is 3. The quantitative estimate of drug-likeness (QED) is 0.696. The molecule has 112 valence electrons. The minimum absolute atomic E-state index is 0.356. The molecule has 0 spiro atoms. The molecule has 1 aromatic rings. The second-order valence-corrected chi connectivity index (χ2v) is 8.27. The number of hydrogen-bond donors (Lipinski definition) is 0. The molecule has 7 heteroatoms. The van der Waals surface area contributed by atoms with E-state index in [-0.39, 0.29) is 0 Å². The zero-order valence-electron chi connectivity index (χ0n) is 11.1. The Morgan fingerprint density at radius 2 is 1.85 bits per heavy atom. The average molecular weight is 426 g/mol. The molecule has 1 aliphatic heterocycles. The smallest absolute Gasteiger partial charge is 0.244 e. The number of halogens is 2. The Balaban J connectivity index is 2.16. The second-order valence-electron chi connectivity index (χ2n) is 4.72. The first-order valence-electron chi connectivity index (χ1n) is 6.58. The Morgan fingerprint density at radius 1 is 1.10 bits per heavy atom. The lowest BCUT2D eigenvalue weighted by Gasteiger charge is -2.21. The van der Waals surface area contributed by atoms with E-state index in [2.05, 4.69) is 36.8 Å². The van der Waals surface area contributed by atoms with Gasteiger partial charge in [0.15, 0.2) is 0 Å². The highest BCUT2D eigenvalue weighted by atomic mass is 79.9. The van der Waals surface area contributed by atoms with Crippen LogP contribution in [-0.2, 0) is 10.0 Å². The third-order valence-corrected chi connectivity index (χ3v) is 6.67. The number of sulfonamides is 1. The predicted molar refractivity (Wildman–Crippen MR) is 87.8 cm³/mol. The fraction of sp³-hybridized carbons (Fsp3) is 0.538. The lowest BCUT2D eigenvalue weighted by Crippen LogP contribution is -2.35. The van der Waals surface area contributed by atoms with Crippen LogP contribution in [0.15, 0.2) is 33.6 Å². The molecule has 1 aromatic carbocycles. The van der Waals surface area contributed by atoms with Gasteiger partial charge in [-0.25, -0.2) is 8.42 Å². The van der Waals surface area contributed by atoms with Gasteiger partial charge < -0.3 is 4.90 Å². The van der Waals surface area contributed by atoms with Crippen LogP contribution in [0.4, 0.5) is 0 Å². The van der Waals surface area contributed by atoms with Gasteiger partial charge in [0.25, 0.3) is 0 Å². The SMILES string of the molecule is O=S(=O)(c1ccccc1Br)N1CCCN(CCBr)CC1. The third-order valence-electron chi connectivity index (χ3n) is 3.40. The maximum atomic E-state index is 12.7. The van der Waals surface area contributed by atoms with Crippen LogP contribution in [0.1, 0.15) is 6.42 Å². The molecule has 0 N–H and O–H groups in total. The first-order valence-corrected chi connectivity index (χ1v) is 9.94. The summed E-state index contributed by atoms with van der Waals surface area (Å²) in [7, 11) is -3.41. The Kier molecular flexibility index (Phi) is 6.04. The monoisotopic (exact) mass is 424 g/mol. The molecule has 1 heterocycles. The van der Waals surface area contributed by atoms with Crippen LogP contribution in [0.2, 0.25) is 0 Å². The van der Waals surface area contributed by atoms with E-state index in [1.165, 1.54) is 0 Å². The summed E-state index contributed by atoms with van der Waals surface area (Å²) in [6.45, 7) is 3.84. The van der Waals surface area contributed by atoms with Crippen LogP contribution in [0.5, 0.6) is 0 Å². The summed E-state index contributed by atoms with van der Waals surface area (Å²) >= 11 is 6.76. The summed E-state index contributed by atoms with van der Waals surface area (Å²) in [4.78, 5) is 2.65. The molecule has 0 atom stereocenters. The maximum Gasteiger partial charge on any atom is 0.244 e. The van der Waals surface area contributed by atoms with E-state index in [4.69, 9.17) is 0 Å². The molecule has 0 aliphatic carbocycles. The van der Waals surface area contributed by atoms with Crippen molar-refractivity contribution in [2.75, 3.05) is 38.1 Å². The van der Waals surface area contributed by atoms with E-state index in [0.717, 1.165) is 31.4 Å². The molecule has 1 saturated heterocycles. The van der Waals surface area contributed by atoms with Crippen molar-refractivity contribution in [3.05, 3.63) is 28.7 Å². The highest BCUT2D eigenvalue weighted by molar-refractivity contribution is 9.10. The highest BCUT2D eigenvalue weighted by Gasteiger charge is 2.28. The summed E-state index contributed by atoms with van der Waals surface area (Å²) in [5, 5.41) is 0.921. The van der Waals surface area contributed by atoms with Gasteiger partial charge >= 0.3 is 0 Å². The van der Waals surface area contributed by atoms with Gasteiger partial charge in [0.05, 0.1) is 4.90 Å². The lowest BCUT2D eigenvalue weighted by molar-refractivity contribution is 0.305. The van der Waals surface area contributed by atoms with Crippen molar-refractivity contribution < 1.29 is 8.42 Å². The molecule has 0 saturated carbocycles. The largest absolute Gasteiger partial charge is 0.301 e. The van der Waals surface area contributed by atoms with Crippen LogP contribution >= 0.6 is 31.9 Å². The van der Waals surface area contributed by atoms with Crippen molar-refractivity contribution in [3.63, 3.8) is 0 Å². The van der Waals surface area contributed by atoms with Crippen LogP contribution < -0.4 is 0 Å². The normalized spacial score (nSPS) is 18.9. The van der Waals surface area contributed by atoms with Crippen LogP contribution in [0, 0.1) is 0 Å². The van der Waals surface area contributed by atoms with Gasteiger partial charge in [-0.05, 0) is 41.0 Å². The molecule has 0 aromatic heterocycles. The van der Waals surface area contributed by atoms with Gasteiger partial charge in [-0.2, -0.15) is 4.31 Å². The van der Waals surface area contributed by atoms with E-state index < -0.39 is 10.0 Å². The number of rotatable bonds is 4. The number of nitrogens with zero attached hydrogens (tertiary/aromatic N) is 2. The summed E-state index contributed by atoms with van der Waals surface area (Å²) in [5.41, 5.74) is 0. The minimum atomic E-state index is -3.41. The Bertz CT molecular complexity index is 551. The van der Waals surface area contributed by atoms with Crippen molar-refractivity contribution in [3.8, 4) is 0 Å². The zero-order valence-corrected chi connectivity index (χ0v) is 15.1. The standard InChI is InChI=1S/C13H18Br2N2O2S/c14-6-9-16-7-3-8-17(11-10-16)20(18,19)13-5-2-1-4-12(13)15/h1-2,4-5H,3,6-11H2. The van der Waals surface area contributed by atoms with Crippen molar-refractivity contribution >= 4 is 41.9 Å². The summed E-state index contributed by atoms with van der Waals surface area (Å²) in [6, 6.07) is 7.00. The first kappa shape index (κ1) is 16.4. The van der Waals surface area contributed by atoms with Gasteiger partial charge in [-0.3, -0.25) is 0 Å². The third kappa shape index (κ3) is 3.82. The number of benzene rings is 1. The molecular formula is C13H18Br2N2O2S. The maximum absolute atomic E-state index is 12.7. The minimum Gasteiger partial charge on any atom is -0.301 e. The van der Waals surface area contributed by atoms with Gasteiger partial charge in [0.1, 0.15) is 0 Å². The Hall–Kier alpha value is 0.0500. The Morgan fingerprint density at radius 3 is 2.55 bits per heavy atom. The molecule has 1 fully saturated rings. The molecule has 4 nitrogen and oxygen atoms in total. The first-order chi connectivity index (χ1) is 9.55. The average Bonchev–Trinajstić information content (AvgIpc) is 2.65. The summed E-state index contributed by atoms with van der Waals surface area (Å²) in [6.07, 6.45) is 0.872. The van der Waals surface area contributed by atoms with Crippen molar-refractivity contribution in [2.45, 2.75) is 11.3 Å². The van der Waals surface area contributed by atoms with Crippen LogP contribution in [0.25, 0.3) is 0 Å². The topological polar surface area (TPSA) is 40.6 Å². The van der Waals surface area contributed by atoms with E-state index >= 15 is 0 Å². The predicted octanol–water partition coefficient (Wildman–Crippen LogP) is 2.54. The van der Waals surface area contributed by atoms with Crippen LogP contribution in [-0.4, -0.2) is 55.7 Å². The van der Waals surface area contributed by atoms with E-state index in [0.29, 0.717) is 22.5 Å². The van der Waals surface area contributed by atoms with Crippen molar-refractivity contribution in [1.82, 2.24) is 9.21 Å². The summed E-state index contributed by atoms with van der Waals surface area (Å²) in [5.74, 6) is 0. The molecule has 0 amide bonds. The number of alkyl halides is 1. The van der Waals surface area contributed by atoms with Gasteiger partial charge in [0.2, 0.25) is 10.0 Å². The van der Waals surface area contributed by atoms with Crippen LogP contribution in [0.3, 0.4) is 0 Å². The van der Waals surface area contributed by atoms with E-state index in [1.54, 1.807) is 22.5 Å². The molecule has 20 heavy (non-hydrogen) atoms. The fourth-order valence-corrected chi connectivity index (χ4v) is 5.26. The second kappa shape index (κ2) is 7.35. The highest BCUT2D eigenvalue weighted by Crippen LogP contribution is 2.25. The van der Waals surface area contributed by atoms with Gasteiger partial charge in [0, 0.05) is 36.0 Å². The van der Waals surface area contributed by atoms with Gasteiger partial charge in [-0.15, -0.1) is 0 Å². The van der Waals surface area contributed by atoms with Crippen molar-refractivity contribution in [1.29, 1.82) is 0 Å². The van der Waals surface area contributed by atoms with Gasteiger partial charge in [-0.1, -0.05) is 28.1 Å². The molecule has 0 unspecified atom stereocenters. The Labute approximate surface area is 137 Å². The van der Waals surface area contributed by atoms with E-state index in [9.17, 15) is 8.42 Å². The van der Waals surface area contributed by atoms with E-state index in [1.807, 2.05) is 6.07 Å². The molecule has 2 rings (SSSR count). The molecule has 0 radical (unpaired) electrons. The van der Waals surface area contributed by atoms with Crippen molar-refractivity contribution in [2.24, 2.45) is 0 Å². The lowest BCUT2D eigenvalue weighted by atomic mass is 10.4. The molecule has 0 bridgehead atoms. The molecular weight excluding hydrogens is 408 g/mol. The zero-order chi connectivity index (χ0) is 14.6. The molecule has 1 aliphatic rings.